The summed E-state index contributed by atoms with van der Waals surface area (Å²) in [4.78, 5) is 0. The Morgan fingerprint density at radius 1 is 1.45 bits per heavy atom. The van der Waals surface area contributed by atoms with Crippen LogP contribution >= 0.6 is 0 Å². The van der Waals surface area contributed by atoms with Gasteiger partial charge in [-0.15, -0.1) is 0 Å². The van der Waals surface area contributed by atoms with Gasteiger partial charge in [0.25, 0.3) is 0 Å². The van der Waals surface area contributed by atoms with E-state index in [4.69, 9.17) is 4.74 Å². The zero-order valence-electron chi connectivity index (χ0n) is 6.79. The van der Waals surface area contributed by atoms with Crippen molar-refractivity contribution in [2.24, 2.45) is 0 Å². The molecule has 2 heteroatoms. The van der Waals surface area contributed by atoms with Crippen molar-refractivity contribution in [2.45, 2.75) is 13.5 Å². The molecule has 0 aromatic heterocycles. The first-order chi connectivity index (χ1) is 5.24. The van der Waals surface area contributed by atoms with Crippen LogP contribution in [0.3, 0.4) is 0 Å². The van der Waals surface area contributed by atoms with Gasteiger partial charge in [0.05, 0.1) is 0 Å². The van der Waals surface area contributed by atoms with Crippen LogP contribution in [-0.4, -0.2) is 31.8 Å². The van der Waals surface area contributed by atoms with Gasteiger partial charge < -0.3 is 0 Å². The second-order valence-electron chi connectivity index (χ2n) is 2.54. The first kappa shape index (κ1) is 9.15. The van der Waals surface area contributed by atoms with E-state index in [2.05, 4.69) is 25.1 Å². The molecule has 1 aromatic carbocycles. The first-order valence-electron chi connectivity index (χ1n) is 3.51. The number of hydrogen-bond acceptors (Lipinski definition) is 1. The molecule has 0 bridgehead atoms. The number of hydrogen-bond donors (Lipinski definition) is 0. The molecule has 1 aromatic rings. The molecule has 0 N–H and O–H groups in total. The fourth-order valence-corrected chi connectivity index (χ4v) is 2.04. The summed E-state index contributed by atoms with van der Waals surface area (Å²) in [6.45, 7) is 2.86. The Hall–Kier alpha value is 0.0631. The zero-order chi connectivity index (χ0) is 8.27. The van der Waals surface area contributed by atoms with Gasteiger partial charge >= 0.3 is 82.7 Å². The third-order valence-electron chi connectivity index (χ3n) is 1.63. The number of rotatable bonds is 2. The van der Waals surface area contributed by atoms with E-state index in [9.17, 15) is 0 Å². The van der Waals surface area contributed by atoms with Gasteiger partial charge in [-0.25, -0.2) is 0 Å². The van der Waals surface area contributed by atoms with E-state index in [0.717, 1.165) is 6.61 Å². The van der Waals surface area contributed by atoms with Crippen LogP contribution in [0.1, 0.15) is 11.1 Å². The summed E-state index contributed by atoms with van der Waals surface area (Å²) in [5, 5.41) is 0. The second-order valence-corrected chi connectivity index (χ2v) is 4.55. The van der Waals surface area contributed by atoms with E-state index in [0.29, 0.717) is 0 Å². The number of ether oxygens (including phenoxy) is 1. The standard InChI is InChI=1S/C9H11O.Bi/c1-8-5-3-4-6-9(8)7-10-2;/h4-6H,7H2,1-2H3;. The third kappa shape index (κ3) is 2.54. The molecule has 0 aliphatic carbocycles. The molecule has 1 rings (SSSR count). The molecule has 2 radical (unpaired) electrons. The molecule has 1 nitrogen and oxygen atoms in total. The van der Waals surface area contributed by atoms with Gasteiger partial charge in [0.2, 0.25) is 0 Å². The molecular weight excluding hydrogens is 333 g/mol. The molecule has 0 unspecified atom stereocenters. The maximum absolute atomic E-state index is 5.06. The van der Waals surface area contributed by atoms with Crippen LogP contribution in [0.4, 0.5) is 0 Å². The van der Waals surface area contributed by atoms with Crippen molar-refractivity contribution in [1.29, 1.82) is 0 Å². The molecule has 11 heavy (non-hydrogen) atoms. The van der Waals surface area contributed by atoms with Crippen molar-refractivity contribution >= 4 is 28.0 Å². The van der Waals surface area contributed by atoms with E-state index in [1.165, 1.54) is 39.1 Å². The average Bonchev–Trinajstić information content (AvgIpc) is 1.95. The average molecular weight is 344 g/mol. The summed E-state index contributed by atoms with van der Waals surface area (Å²) in [6.07, 6.45) is 0. The molecule has 0 heterocycles. The number of aryl methyl sites for hydroxylation is 1. The molecule has 58 valence electrons. The minimum atomic E-state index is 0.727. The molecule has 0 aliphatic heterocycles. The molecule has 0 amide bonds. The topological polar surface area (TPSA) is 9.23 Å². The van der Waals surface area contributed by atoms with E-state index < -0.39 is 0 Å². The van der Waals surface area contributed by atoms with Crippen molar-refractivity contribution in [1.82, 2.24) is 0 Å². The maximum atomic E-state index is 5.06. The van der Waals surface area contributed by atoms with Crippen LogP contribution in [-0.2, 0) is 11.3 Å². The van der Waals surface area contributed by atoms with Crippen LogP contribution in [0.2, 0.25) is 0 Å². The van der Waals surface area contributed by atoms with Gasteiger partial charge in [0, 0.05) is 0 Å². The van der Waals surface area contributed by atoms with Crippen LogP contribution in [0.5, 0.6) is 0 Å². The predicted octanol–water partition coefficient (Wildman–Crippen LogP) is 0.935. The monoisotopic (exact) mass is 344 g/mol. The SMILES string of the molecule is COCc1cc[c]([Bi])cc1C. The van der Waals surface area contributed by atoms with Gasteiger partial charge in [-0.3, -0.25) is 0 Å². The predicted molar refractivity (Wildman–Crippen MR) is 47.3 cm³/mol. The van der Waals surface area contributed by atoms with E-state index in [1.807, 2.05) is 0 Å². The van der Waals surface area contributed by atoms with Gasteiger partial charge in [0.15, 0.2) is 0 Å². The Morgan fingerprint density at radius 2 is 2.18 bits per heavy atom. The Labute approximate surface area is 82.6 Å². The quantitative estimate of drug-likeness (QED) is 0.726. The van der Waals surface area contributed by atoms with Crippen molar-refractivity contribution in [2.75, 3.05) is 7.11 Å². The summed E-state index contributed by atoms with van der Waals surface area (Å²) in [5.74, 6) is 0. The number of benzene rings is 1. The van der Waals surface area contributed by atoms with Crippen LogP contribution in [0.15, 0.2) is 18.2 Å². The molecule has 0 fully saturated rings. The second kappa shape index (κ2) is 4.18. The van der Waals surface area contributed by atoms with Crippen molar-refractivity contribution in [3.8, 4) is 0 Å². The summed E-state index contributed by atoms with van der Waals surface area (Å²) < 4.78 is 6.48. The van der Waals surface area contributed by atoms with Crippen molar-refractivity contribution in [3.05, 3.63) is 29.3 Å². The third-order valence-corrected chi connectivity index (χ3v) is 2.71. The summed E-state index contributed by atoms with van der Waals surface area (Å²) in [5.41, 5.74) is 2.63. The van der Waals surface area contributed by atoms with Crippen molar-refractivity contribution < 1.29 is 4.74 Å². The van der Waals surface area contributed by atoms with Gasteiger partial charge in [-0.05, 0) is 0 Å². The van der Waals surface area contributed by atoms with Crippen LogP contribution in [0.25, 0.3) is 0 Å². The molecule has 0 saturated heterocycles. The van der Waals surface area contributed by atoms with E-state index in [1.54, 1.807) is 7.11 Å². The first-order valence-corrected chi connectivity index (χ1v) is 5.25. The fraction of sp³-hybridized carbons (Fsp3) is 0.333. The Bertz CT molecular complexity index is 245. The molecule has 0 saturated carbocycles. The van der Waals surface area contributed by atoms with Gasteiger partial charge in [-0.1, -0.05) is 0 Å². The van der Waals surface area contributed by atoms with E-state index in [-0.39, 0.29) is 0 Å². The Kier molecular flexibility index (Phi) is 3.48. The van der Waals surface area contributed by atoms with Crippen LogP contribution in [0, 0.1) is 6.92 Å². The molecule has 0 aliphatic rings. The van der Waals surface area contributed by atoms with Crippen LogP contribution < -0.4 is 3.27 Å². The van der Waals surface area contributed by atoms with E-state index >= 15 is 0 Å². The Balaban J connectivity index is 2.90. The zero-order valence-corrected chi connectivity index (χ0v) is 10.3. The summed E-state index contributed by atoms with van der Waals surface area (Å²) in [7, 11) is 1.73. The summed E-state index contributed by atoms with van der Waals surface area (Å²) in [6, 6.07) is 6.53. The van der Waals surface area contributed by atoms with Crippen molar-refractivity contribution in [3.63, 3.8) is 0 Å². The minimum absolute atomic E-state index is 0.727. The normalized spacial score (nSPS) is 10.1. The Morgan fingerprint density at radius 3 is 2.73 bits per heavy atom. The molecular formula is C9H11BiO. The van der Waals surface area contributed by atoms with Gasteiger partial charge in [-0.2, -0.15) is 0 Å². The molecule has 0 atom stereocenters. The molecule has 0 spiro atoms. The summed E-state index contributed by atoms with van der Waals surface area (Å²) >= 11 is 1.33. The fourth-order valence-electron chi connectivity index (χ4n) is 0.998. The van der Waals surface area contributed by atoms with Gasteiger partial charge in [0.1, 0.15) is 0 Å². The number of methoxy groups -OCH3 is 1.